The fraction of sp³-hybridized carbons (Fsp3) is 0.571. The first-order valence-electron chi connectivity index (χ1n) is 6.97. The number of rotatable bonds is 7. The van der Waals surface area contributed by atoms with Gasteiger partial charge < -0.3 is 14.8 Å². The van der Waals surface area contributed by atoms with Gasteiger partial charge >= 0.3 is 0 Å². The van der Waals surface area contributed by atoms with Gasteiger partial charge in [-0.1, -0.05) is 30.1 Å². The molecule has 2 aromatic heterocycles. The standard InChI is InChI=1S/C14H21ClN4O/c1-4-5-6-13-17-12(14(15)18-13)8-16-7-11-9(2)19-20-10(11)3/h16H,4-8H2,1-3H3,(H,17,18). The van der Waals surface area contributed by atoms with E-state index in [4.69, 9.17) is 16.1 Å². The molecule has 0 spiro atoms. The van der Waals surface area contributed by atoms with E-state index in [-0.39, 0.29) is 0 Å². The Labute approximate surface area is 124 Å². The number of hydrogen-bond acceptors (Lipinski definition) is 4. The molecule has 0 unspecified atom stereocenters. The molecule has 0 radical (unpaired) electrons. The minimum absolute atomic E-state index is 0.558. The van der Waals surface area contributed by atoms with Crippen LogP contribution in [0.4, 0.5) is 0 Å². The van der Waals surface area contributed by atoms with E-state index in [1.165, 1.54) is 0 Å². The van der Waals surface area contributed by atoms with Gasteiger partial charge in [0.15, 0.2) is 5.15 Å². The van der Waals surface area contributed by atoms with E-state index < -0.39 is 0 Å². The van der Waals surface area contributed by atoms with E-state index in [9.17, 15) is 0 Å². The zero-order valence-electron chi connectivity index (χ0n) is 12.2. The van der Waals surface area contributed by atoms with Gasteiger partial charge in [0.1, 0.15) is 11.6 Å². The molecular weight excluding hydrogens is 276 g/mol. The van der Waals surface area contributed by atoms with Crippen molar-refractivity contribution >= 4 is 11.6 Å². The highest BCUT2D eigenvalue weighted by Gasteiger charge is 2.10. The summed E-state index contributed by atoms with van der Waals surface area (Å²) in [5.74, 6) is 1.82. The van der Waals surface area contributed by atoms with Gasteiger partial charge in [0.05, 0.1) is 11.4 Å². The Hall–Kier alpha value is -1.33. The van der Waals surface area contributed by atoms with Crippen LogP contribution < -0.4 is 5.32 Å². The fourth-order valence-electron chi connectivity index (χ4n) is 2.09. The highest BCUT2D eigenvalue weighted by molar-refractivity contribution is 6.30. The van der Waals surface area contributed by atoms with Gasteiger partial charge in [-0.15, -0.1) is 0 Å². The number of aryl methyl sites for hydroxylation is 3. The van der Waals surface area contributed by atoms with Crippen molar-refractivity contribution in [2.75, 3.05) is 0 Å². The van der Waals surface area contributed by atoms with Crippen LogP contribution in [0.3, 0.4) is 0 Å². The Morgan fingerprint density at radius 3 is 2.75 bits per heavy atom. The molecule has 0 amide bonds. The summed E-state index contributed by atoms with van der Waals surface area (Å²) in [5.41, 5.74) is 2.96. The Kier molecular flexibility index (Phi) is 5.20. The second-order valence-electron chi connectivity index (χ2n) is 4.96. The van der Waals surface area contributed by atoms with Crippen molar-refractivity contribution in [3.8, 4) is 0 Å². The quantitative estimate of drug-likeness (QED) is 0.822. The Morgan fingerprint density at radius 2 is 2.10 bits per heavy atom. The van der Waals surface area contributed by atoms with Gasteiger partial charge in [-0.3, -0.25) is 0 Å². The number of H-pyrrole nitrogens is 1. The monoisotopic (exact) mass is 296 g/mol. The number of nitrogens with one attached hydrogen (secondary N) is 2. The van der Waals surface area contributed by atoms with Crippen LogP contribution in [0, 0.1) is 13.8 Å². The van der Waals surface area contributed by atoms with Gasteiger partial charge in [-0.2, -0.15) is 0 Å². The van der Waals surface area contributed by atoms with Crippen molar-refractivity contribution in [3.05, 3.63) is 33.7 Å². The van der Waals surface area contributed by atoms with Crippen LogP contribution in [-0.2, 0) is 19.5 Å². The fourth-order valence-corrected chi connectivity index (χ4v) is 2.30. The highest BCUT2D eigenvalue weighted by Crippen LogP contribution is 2.15. The summed E-state index contributed by atoms with van der Waals surface area (Å²) in [4.78, 5) is 7.62. The van der Waals surface area contributed by atoms with Crippen LogP contribution in [-0.4, -0.2) is 15.1 Å². The van der Waals surface area contributed by atoms with Crippen molar-refractivity contribution in [3.63, 3.8) is 0 Å². The number of aromatic amines is 1. The number of imidazole rings is 1. The van der Waals surface area contributed by atoms with Gasteiger partial charge in [0.25, 0.3) is 0 Å². The third-order valence-electron chi connectivity index (χ3n) is 3.33. The summed E-state index contributed by atoms with van der Waals surface area (Å²) in [7, 11) is 0. The normalized spacial score (nSPS) is 11.2. The molecule has 6 heteroatoms. The van der Waals surface area contributed by atoms with Crippen molar-refractivity contribution in [1.29, 1.82) is 0 Å². The minimum Gasteiger partial charge on any atom is -0.361 e. The van der Waals surface area contributed by atoms with Crippen LogP contribution in [0.2, 0.25) is 5.15 Å². The third-order valence-corrected chi connectivity index (χ3v) is 3.64. The Bertz CT molecular complexity index is 542. The molecule has 2 aromatic rings. The highest BCUT2D eigenvalue weighted by atomic mass is 35.5. The summed E-state index contributed by atoms with van der Waals surface area (Å²) in [5, 5.41) is 7.83. The second kappa shape index (κ2) is 6.90. The minimum atomic E-state index is 0.558. The molecule has 0 aromatic carbocycles. The van der Waals surface area contributed by atoms with E-state index in [1.807, 2.05) is 13.8 Å². The Morgan fingerprint density at radius 1 is 1.30 bits per heavy atom. The number of aromatic nitrogens is 3. The van der Waals surface area contributed by atoms with Gasteiger partial charge in [-0.05, 0) is 20.3 Å². The molecule has 5 nitrogen and oxygen atoms in total. The molecule has 2 rings (SSSR count). The second-order valence-corrected chi connectivity index (χ2v) is 5.32. The number of nitrogens with zero attached hydrogens (tertiary/aromatic N) is 2. The smallest absolute Gasteiger partial charge is 0.151 e. The van der Waals surface area contributed by atoms with Gasteiger partial charge in [-0.25, -0.2) is 4.98 Å². The van der Waals surface area contributed by atoms with E-state index in [0.29, 0.717) is 18.2 Å². The maximum atomic E-state index is 6.13. The molecule has 0 aliphatic heterocycles. The molecule has 0 bridgehead atoms. The molecule has 0 saturated carbocycles. The van der Waals surface area contributed by atoms with Crippen LogP contribution in [0.25, 0.3) is 0 Å². The maximum Gasteiger partial charge on any atom is 0.151 e. The lowest BCUT2D eigenvalue weighted by Gasteiger charge is -2.03. The molecule has 0 saturated heterocycles. The van der Waals surface area contributed by atoms with E-state index in [0.717, 1.165) is 47.8 Å². The van der Waals surface area contributed by atoms with Crippen LogP contribution in [0.1, 0.15) is 48.3 Å². The molecule has 0 fully saturated rings. The van der Waals surface area contributed by atoms with E-state index in [1.54, 1.807) is 0 Å². The molecule has 110 valence electrons. The molecular formula is C14H21ClN4O. The van der Waals surface area contributed by atoms with Crippen LogP contribution in [0.5, 0.6) is 0 Å². The number of halogens is 1. The third kappa shape index (κ3) is 3.61. The topological polar surface area (TPSA) is 66.7 Å². The predicted octanol–water partition coefficient (Wildman–Crippen LogP) is 3.30. The number of unbranched alkanes of at least 4 members (excludes halogenated alkanes) is 1. The van der Waals surface area contributed by atoms with E-state index >= 15 is 0 Å². The molecule has 20 heavy (non-hydrogen) atoms. The van der Waals surface area contributed by atoms with E-state index in [2.05, 4.69) is 27.4 Å². The zero-order chi connectivity index (χ0) is 14.5. The molecule has 2 N–H and O–H groups in total. The summed E-state index contributed by atoms with van der Waals surface area (Å²) in [6.45, 7) is 7.39. The van der Waals surface area contributed by atoms with Crippen molar-refractivity contribution in [2.45, 2.75) is 53.1 Å². The van der Waals surface area contributed by atoms with Crippen molar-refractivity contribution in [1.82, 2.24) is 20.4 Å². The SMILES string of the molecule is CCCCc1nc(Cl)c(CNCc2c(C)noc2C)[nH]1. The first-order chi connectivity index (χ1) is 9.61. The Balaban J connectivity index is 1.89. The van der Waals surface area contributed by atoms with Crippen LogP contribution >= 0.6 is 11.6 Å². The molecule has 0 aliphatic carbocycles. The molecule has 0 atom stereocenters. The molecule has 2 heterocycles. The number of hydrogen-bond donors (Lipinski definition) is 2. The lowest BCUT2D eigenvalue weighted by atomic mass is 10.2. The lowest BCUT2D eigenvalue weighted by molar-refractivity contribution is 0.392. The maximum absolute atomic E-state index is 6.13. The van der Waals surface area contributed by atoms with Crippen molar-refractivity contribution < 1.29 is 4.52 Å². The van der Waals surface area contributed by atoms with Crippen molar-refractivity contribution in [2.24, 2.45) is 0 Å². The largest absolute Gasteiger partial charge is 0.361 e. The van der Waals surface area contributed by atoms with Crippen LogP contribution in [0.15, 0.2) is 4.52 Å². The average molecular weight is 297 g/mol. The predicted molar refractivity (Wildman–Crippen MR) is 78.7 cm³/mol. The summed E-state index contributed by atoms with van der Waals surface area (Å²) >= 11 is 6.13. The summed E-state index contributed by atoms with van der Waals surface area (Å²) in [6.07, 6.45) is 3.22. The summed E-state index contributed by atoms with van der Waals surface area (Å²) < 4.78 is 5.13. The summed E-state index contributed by atoms with van der Waals surface area (Å²) in [6, 6.07) is 0. The van der Waals surface area contributed by atoms with Gasteiger partial charge in [0.2, 0.25) is 0 Å². The first-order valence-corrected chi connectivity index (χ1v) is 7.35. The molecule has 0 aliphatic rings. The average Bonchev–Trinajstić information content (AvgIpc) is 2.93. The lowest BCUT2D eigenvalue weighted by Crippen LogP contribution is -2.14. The first kappa shape index (κ1) is 15.1. The zero-order valence-corrected chi connectivity index (χ0v) is 13.0. The van der Waals surface area contributed by atoms with Gasteiger partial charge in [0, 0.05) is 25.1 Å².